The van der Waals surface area contributed by atoms with E-state index in [-0.39, 0.29) is 0 Å². The predicted octanol–water partition coefficient (Wildman–Crippen LogP) is 7.97. The van der Waals surface area contributed by atoms with Gasteiger partial charge in [-0.15, -0.1) is 10.2 Å². The molecule has 0 amide bonds. The highest BCUT2D eigenvalue weighted by Gasteiger charge is 2.16. The van der Waals surface area contributed by atoms with E-state index in [4.69, 9.17) is 24.4 Å². The zero-order valence-corrected chi connectivity index (χ0v) is 29.8. The van der Waals surface area contributed by atoms with Crippen LogP contribution in [0.15, 0.2) is 144 Å². The first-order valence-corrected chi connectivity index (χ1v) is 17.0. The van der Waals surface area contributed by atoms with Gasteiger partial charge in [0.2, 0.25) is 9.54 Å². The lowest BCUT2D eigenvalue weighted by Crippen LogP contribution is -2.07. The quantitative estimate of drug-likeness (QED) is 0.121. The molecule has 14 heteroatoms. The first-order valence-electron chi connectivity index (χ1n) is 16.2. The zero-order valence-electron chi connectivity index (χ0n) is 28.1. The van der Waals surface area contributed by atoms with Crippen molar-refractivity contribution in [3.05, 3.63) is 166 Å². The summed E-state index contributed by atoms with van der Waals surface area (Å²) >= 11 is 10.7. The minimum absolute atomic E-state index is 0.402. The van der Waals surface area contributed by atoms with Crippen molar-refractivity contribution < 1.29 is 0 Å². The van der Waals surface area contributed by atoms with E-state index in [1.54, 1.807) is 31.1 Å². The zero-order chi connectivity index (χ0) is 35.9. The summed E-state index contributed by atoms with van der Waals surface area (Å²) in [6.45, 7) is 3.92. The number of nitrogens with zero attached hydrogens (tertiary/aromatic N) is 10. The third kappa shape index (κ3) is 7.57. The largest absolute Gasteiger partial charge is 0.272 e. The number of aromatic nitrogens is 10. The van der Waals surface area contributed by atoms with E-state index in [2.05, 4.69) is 40.8 Å². The molecule has 0 saturated carbocycles. The van der Waals surface area contributed by atoms with Crippen LogP contribution >= 0.6 is 24.4 Å². The summed E-state index contributed by atoms with van der Waals surface area (Å²) in [6, 6.07) is 43.7. The van der Waals surface area contributed by atoms with Crippen LogP contribution in [-0.4, -0.2) is 61.7 Å². The number of aryl methyl sites for hydroxylation is 2. The van der Waals surface area contributed by atoms with Crippen LogP contribution in [0.5, 0.6) is 0 Å². The van der Waals surface area contributed by atoms with Crippen LogP contribution in [0.2, 0.25) is 0 Å². The Morgan fingerprint density at radius 2 is 1.02 bits per heavy atom. The second-order valence-electron chi connectivity index (χ2n) is 11.5. The van der Waals surface area contributed by atoms with Crippen molar-refractivity contribution in [2.75, 3.05) is 0 Å². The molecule has 4 aromatic heterocycles. The smallest absolute Gasteiger partial charge is 0.248 e. The molecular weight excluding hydrogens is 689 g/mol. The molecule has 0 atom stereocenters. The minimum atomic E-state index is 0.402. The molecule has 0 aliphatic rings. The average Bonchev–Trinajstić information content (AvgIpc) is 3.96. The lowest BCUT2D eigenvalue weighted by molar-refractivity contribution is 0.721. The standard InChI is InChI=1S/2C19H16N6S/c1-14-12-17(16-10-6-3-7-11-16)23-24(14)18-21-22-19(26)25(18)20-13-15-8-4-2-5-9-15;1-14-12-17(16-10-6-3-7-11-16)24(23-14)18-21-22-19(26)25(18)20-13-15-8-4-2-5-9-15/h2*2-13H,1H3,(H,22,26)/b2*20-13+. The number of hydrogen-bond acceptors (Lipinski definition) is 8. The van der Waals surface area contributed by atoms with Crippen LogP contribution in [0.1, 0.15) is 22.5 Å². The number of nitrogens with one attached hydrogen (secondary N) is 2. The fourth-order valence-corrected chi connectivity index (χ4v) is 5.62. The van der Waals surface area contributed by atoms with Gasteiger partial charge in [-0.3, -0.25) is 0 Å². The summed E-state index contributed by atoms with van der Waals surface area (Å²) in [5, 5.41) is 32.4. The molecule has 0 unspecified atom stereocenters. The van der Waals surface area contributed by atoms with Gasteiger partial charge >= 0.3 is 0 Å². The van der Waals surface area contributed by atoms with E-state index in [1.807, 2.05) is 147 Å². The molecule has 4 heterocycles. The van der Waals surface area contributed by atoms with Crippen LogP contribution in [-0.2, 0) is 0 Å². The van der Waals surface area contributed by atoms with Crippen LogP contribution < -0.4 is 0 Å². The van der Waals surface area contributed by atoms with Gasteiger partial charge in [0.15, 0.2) is 0 Å². The van der Waals surface area contributed by atoms with Gasteiger partial charge in [0.1, 0.15) is 0 Å². The van der Waals surface area contributed by atoms with Crippen molar-refractivity contribution in [2.24, 2.45) is 10.2 Å². The molecule has 0 bridgehead atoms. The Labute approximate surface area is 309 Å². The molecule has 0 radical (unpaired) electrons. The molecule has 0 aliphatic carbocycles. The fourth-order valence-electron chi connectivity index (χ4n) is 5.27. The molecule has 0 aliphatic heterocycles. The molecule has 8 aromatic rings. The molecule has 8 rings (SSSR count). The number of benzene rings is 4. The van der Waals surface area contributed by atoms with Gasteiger partial charge in [0.25, 0.3) is 11.9 Å². The fraction of sp³-hybridized carbons (Fsp3) is 0.0526. The summed E-state index contributed by atoms with van der Waals surface area (Å²) in [6.07, 6.45) is 3.49. The van der Waals surface area contributed by atoms with Gasteiger partial charge in [-0.25, -0.2) is 14.9 Å². The van der Waals surface area contributed by atoms with Crippen molar-refractivity contribution in [1.29, 1.82) is 0 Å². The number of hydrogen-bond donors (Lipinski definition) is 2. The highest BCUT2D eigenvalue weighted by Crippen LogP contribution is 2.23. The molecular formula is C38H32N12S2. The number of H-pyrrole nitrogens is 2. The highest BCUT2D eigenvalue weighted by molar-refractivity contribution is 7.71. The van der Waals surface area contributed by atoms with E-state index in [0.29, 0.717) is 21.4 Å². The Kier molecular flexibility index (Phi) is 10.1. The maximum atomic E-state index is 5.35. The van der Waals surface area contributed by atoms with Gasteiger partial charge in [-0.2, -0.15) is 34.4 Å². The third-order valence-electron chi connectivity index (χ3n) is 7.75. The molecule has 0 fully saturated rings. The Morgan fingerprint density at radius 1 is 0.558 bits per heavy atom. The van der Waals surface area contributed by atoms with Crippen LogP contribution in [0.25, 0.3) is 34.4 Å². The van der Waals surface area contributed by atoms with Gasteiger partial charge < -0.3 is 0 Å². The first kappa shape index (κ1) is 33.8. The highest BCUT2D eigenvalue weighted by atomic mass is 32.1. The molecule has 0 spiro atoms. The number of rotatable bonds is 8. The summed E-state index contributed by atoms with van der Waals surface area (Å²) in [5.41, 5.74) is 7.66. The summed E-state index contributed by atoms with van der Waals surface area (Å²) < 4.78 is 7.43. The molecule has 4 aromatic carbocycles. The predicted molar refractivity (Wildman–Crippen MR) is 208 cm³/mol. The molecule has 12 nitrogen and oxygen atoms in total. The maximum Gasteiger partial charge on any atom is 0.272 e. The molecule has 256 valence electrons. The van der Waals surface area contributed by atoms with Crippen molar-refractivity contribution in [3.63, 3.8) is 0 Å². The van der Waals surface area contributed by atoms with Gasteiger partial charge in [0, 0.05) is 16.8 Å². The Balaban J connectivity index is 0.000000162. The van der Waals surface area contributed by atoms with E-state index >= 15 is 0 Å². The normalized spacial score (nSPS) is 11.3. The number of aromatic amines is 2. The van der Waals surface area contributed by atoms with Crippen LogP contribution in [0.3, 0.4) is 0 Å². The van der Waals surface area contributed by atoms with Gasteiger partial charge in [-0.1, -0.05) is 121 Å². The van der Waals surface area contributed by atoms with Crippen LogP contribution in [0.4, 0.5) is 0 Å². The van der Waals surface area contributed by atoms with E-state index in [1.165, 1.54) is 0 Å². The van der Waals surface area contributed by atoms with E-state index in [9.17, 15) is 0 Å². The van der Waals surface area contributed by atoms with E-state index in [0.717, 1.165) is 45.0 Å². The molecule has 0 saturated heterocycles. The van der Waals surface area contributed by atoms with Crippen LogP contribution in [0, 0.1) is 23.4 Å². The maximum absolute atomic E-state index is 5.35. The second-order valence-corrected chi connectivity index (χ2v) is 12.3. The SMILES string of the molecule is Cc1cc(-c2ccccc2)n(-c2n[nH]c(=S)n2/N=C/c2ccccc2)n1.Cc1cc(-c2ccccc2)nn1-c1n[nH]c(=S)n1/N=C/c1ccccc1. The Hall–Kier alpha value is -6.64. The molecule has 2 N–H and O–H groups in total. The lowest BCUT2D eigenvalue weighted by atomic mass is 10.1. The van der Waals surface area contributed by atoms with Gasteiger partial charge in [-0.05, 0) is 61.5 Å². The van der Waals surface area contributed by atoms with E-state index < -0.39 is 0 Å². The molecule has 52 heavy (non-hydrogen) atoms. The monoisotopic (exact) mass is 720 g/mol. The van der Waals surface area contributed by atoms with Crippen molar-refractivity contribution in [2.45, 2.75) is 13.8 Å². The summed E-state index contributed by atoms with van der Waals surface area (Å²) in [7, 11) is 0. The minimum Gasteiger partial charge on any atom is -0.248 e. The topological polar surface area (TPSA) is 128 Å². The van der Waals surface area contributed by atoms with Crippen molar-refractivity contribution in [3.8, 4) is 34.4 Å². The van der Waals surface area contributed by atoms with Crippen molar-refractivity contribution in [1.82, 2.24) is 49.3 Å². The van der Waals surface area contributed by atoms with Gasteiger partial charge in [0.05, 0.1) is 29.5 Å². The second kappa shape index (κ2) is 15.5. The summed E-state index contributed by atoms with van der Waals surface area (Å²) in [4.78, 5) is 0. The van der Waals surface area contributed by atoms with Crippen molar-refractivity contribution >= 4 is 36.9 Å². The Morgan fingerprint density at radius 3 is 1.54 bits per heavy atom. The lowest BCUT2D eigenvalue weighted by Gasteiger charge is -2.06. The first-order chi connectivity index (χ1) is 25.4. The Bertz CT molecular complexity index is 2570. The third-order valence-corrected chi connectivity index (χ3v) is 8.28. The average molecular weight is 721 g/mol. The summed E-state index contributed by atoms with van der Waals surface area (Å²) in [5.74, 6) is 1.02.